The van der Waals surface area contributed by atoms with E-state index in [4.69, 9.17) is 4.74 Å². The molecule has 0 fully saturated rings. The van der Waals surface area contributed by atoms with E-state index in [1.54, 1.807) is 13.0 Å². The van der Waals surface area contributed by atoms with Gasteiger partial charge in [0.2, 0.25) is 0 Å². The number of allylic oxidation sites excluding steroid dienone is 1. The van der Waals surface area contributed by atoms with Crippen LogP contribution in [0, 0.1) is 0 Å². The Morgan fingerprint density at radius 1 is 1.65 bits per heavy atom. The third-order valence-corrected chi connectivity index (χ3v) is 2.92. The molecule has 0 aromatic heterocycles. The highest BCUT2D eigenvalue weighted by Gasteiger charge is 2.26. The Balaban J connectivity index is 2.72. The Morgan fingerprint density at radius 3 is 2.82 bits per heavy atom. The molecule has 0 saturated carbocycles. The van der Waals surface area contributed by atoms with Gasteiger partial charge in [0.05, 0.1) is 17.8 Å². The molecule has 2 heteroatoms. The van der Waals surface area contributed by atoms with Crippen molar-refractivity contribution in [3.63, 3.8) is 0 Å². The summed E-state index contributed by atoms with van der Waals surface area (Å²) in [7, 11) is 0. The molecule has 0 saturated heterocycles. The molecule has 0 aromatic rings. The second-order valence-corrected chi connectivity index (χ2v) is 5.44. The van der Waals surface area contributed by atoms with Gasteiger partial charge in [0.25, 0.3) is 0 Å². The van der Waals surface area contributed by atoms with Crippen LogP contribution in [0.3, 0.4) is 0 Å². The van der Waals surface area contributed by atoms with Gasteiger partial charge in [-0.25, -0.2) is 0 Å². The zero-order valence-electron chi connectivity index (χ0n) is 11.4. The van der Waals surface area contributed by atoms with Crippen molar-refractivity contribution in [2.75, 3.05) is 0 Å². The van der Waals surface area contributed by atoms with Crippen molar-refractivity contribution in [3.8, 4) is 0 Å². The van der Waals surface area contributed by atoms with Gasteiger partial charge in [-0.1, -0.05) is 29.4 Å². The number of hydrogen-bond acceptors (Lipinski definition) is 2. The quantitative estimate of drug-likeness (QED) is 0.758. The molecule has 0 bridgehead atoms. The van der Waals surface area contributed by atoms with E-state index in [-0.39, 0.29) is 12.2 Å². The second-order valence-electron chi connectivity index (χ2n) is 5.44. The summed E-state index contributed by atoms with van der Waals surface area (Å²) < 4.78 is 5.94. The van der Waals surface area contributed by atoms with Gasteiger partial charge in [-0.05, 0) is 34.1 Å². The van der Waals surface area contributed by atoms with Crippen LogP contribution in [0.5, 0.6) is 0 Å². The largest absolute Gasteiger partial charge is 0.386 e. The fourth-order valence-electron chi connectivity index (χ4n) is 2.08. The van der Waals surface area contributed by atoms with E-state index in [0.717, 1.165) is 6.42 Å². The monoisotopic (exact) mass is 236 g/mol. The summed E-state index contributed by atoms with van der Waals surface area (Å²) >= 11 is 0. The average Bonchev–Trinajstić information content (AvgIpc) is 2.14. The zero-order chi connectivity index (χ0) is 13.1. The Labute approximate surface area is 105 Å². The molecule has 0 aromatic carbocycles. The van der Waals surface area contributed by atoms with Crippen LogP contribution in [0.2, 0.25) is 0 Å². The van der Waals surface area contributed by atoms with Crippen molar-refractivity contribution >= 4 is 0 Å². The van der Waals surface area contributed by atoms with Crippen LogP contribution in [0.25, 0.3) is 0 Å². The van der Waals surface area contributed by atoms with E-state index in [1.807, 2.05) is 0 Å². The van der Waals surface area contributed by atoms with E-state index in [9.17, 15) is 5.11 Å². The molecule has 1 rings (SSSR count). The first-order chi connectivity index (χ1) is 7.82. The highest BCUT2D eigenvalue weighted by Crippen LogP contribution is 2.26. The van der Waals surface area contributed by atoms with Crippen molar-refractivity contribution in [2.45, 2.75) is 58.3 Å². The van der Waals surface area contributed by atoms with E-state index >= 15 is 0 Å². The van der Waals surface area contributed by atoms with Crippen molar-refractivity contribution in [1.29, 1.82) is 0 Å². The van der Waals surface area contributed by atoms with E-state index in [2.05, 4.69) is 39.5 Å². The highest BCUT2D eigenvalue weighted by molar-refractivity contribution is 5.14. The molecule has 0 aliphatic carbocycles. The van der Waals surface area contributed by atoms with Crippen LogP contribution in [0.1, 0.15) is 40.5 Å². The molecule has 1 heterocycles. The molecule has 17 heavy (non-hydrogen) atoms. The highest BCUT2D eigenvalue weighted by atomic mass is 16.5. The molecule has 0 amide bonds. The van der Waals surface area contributed by atoms with Gasteiger partial charge in [-0.2, -0.15) is 0 Å². The molecule has 1 N–H and O–H groups in total. The van der Waals surface area contributed by atoms with Gasteiger partial charge >= 0.3 is 0 Å². The Bertz CT molecular complexity index is 333. The fourth-order valence-corrected chi connectivity index (χ4v) is 2.08. The summed E-state index contributed by atoms with van der Waals surface area (Å²) in [6.45, 7) is 11.7. The Morgan fingerprint density at radius 2 is 2.29 bits per heavy atom. The van der Waals surface area contributed by atoms with Gasteiger partial charge in [0, 0.05) is 6.42 Å². The number of hydrogen-bond donors (Lipinski definition) is 1. The molecule has 3 atom stereocenters. The van der Waals surface area contributed by atoms with Crippen LogP contribution in [-0.2, 0) is 4.74 Å². The van der Waals surface area contributed by atoms with Gasteiger partial charge in [-0.15, -0.1) is 6.58 Å². The molecule has 96 valence electrons. The Kier molecular flexibility index (Phi) is 4.72. The lowest BCUT2D eigenvalue weighted by molar-refractivity contribution is -0.0158. The molecule has 0 spiro atoms. The Hall–Kier alpha value is -0.860. The van der Waals surface area contributed by atoms with Crippen LogP contribution in [0.4, 0.5) is 0 Å². The van der Waals surface area contributed by atoms with Crippen molar-refractivity contribution in [3.05, 3.63) is 36.0 Å². The van der Waals surface area contributed by atoms with Crippen LogP contribution in [0.15, 0.2) is 36.0 Å². The summed E-state index contributed by atoms with van der Waals surface area (Å²) in [6.07, 6.45) is 7.43. The summed E-state index contributed by atoms with van der Waals surface area (Å²) in [5.41, 5.74) is 1.72. The van der Waals surface area contributed by atoms with E-state index in [1.165, 1.54) is 11.1 Å². The molecule has 0 unspecified atom stereocenters. The smallest absolute Gasteiger partial charge is 0.0824 e. The molecule has 1 aliphatic rings. The van der Waals surface area contributed by atoms with Crippen molar-refractivity contribution in [2.24, 2.45) is 0 Å². The number of ether oxygens (including phenoxy) is 1. The summed E-state index contributed by atoms with van der Waals surface area (Å²) in [6, 6.07) is 0. The molecular weight excluding hydrogens is 212 g/mol. The topological polar surface area (TPSA) is 29.5 Å². The summed E-state index contributed by atoms with van der Waals surface area (Å²) in [5.74, 6) is 0. The van der Waals surface area contributed by atoms with Crippen LogP contribution < -0.4 is 0 Å². The minimum Gasteiger partial charge on any atom is -0.386 e. The maximum absolute atomic E-state index is 9.99. The van der Waals surface area contributed by atoms with Crippen molar-refractivity contribution < 1.29 is 9.84 Å². The predicted molar refractivity (Wildman–Crippen MR) is 71.9 cm³/mol. The van der Waals surface area contributed by atoms with Crippen molar-refractivity contribution in [1.82, 2.24) is 0 Å². The molecule has 1 aliphatic heterocycles. The fraction of sp³-hybridized carbons (Fsp3) is 0.600. The molecule has 2 nitrogen and oxygen atoms in total. The predicted octanol–water partition coefficient (Wildman–Crippen LogP) is 3.38. The maximum atomic E-state index is 9.99. The van der Waals surface area contributed by atoms with Gasteiger partial charge in [0.1, 0.15) is 0 Å². The SMILES string of the molecule is C=C[C@](C)(O)C[C@H]1C=C(C)C[C@H](C=C(C)C)O1. The summed E-state index contributed by atoms with van der Waals surface area (Å²) in [4.78, 5) is 0. The zero-order valence-corrected chi connectivity index (χ0v) is 11.4. The standard InChI is InChI=1S/C15H24O2/c1-6-15(5,16)10-14-9-12(4)8-13(17-14)7-11(2)3/h6-7,9,13-14,16H,1,8,10H2,2-5H3/t13-,14+,15-/m0/s1. The first kappa shape index (κ1) is 14.2. The lowest BCUT2D eigenvalue weighted by Gasteiger charge is -2.31. The van der Waals surface area contributed by atoms with Gasteiger partial charge in [-0.3, -0.25) is 0 Å². The van der Waals surface area contributed by atoms with E-state index in [0.29, 0.717) is 6.42 Å². The lowest BCUT2D eigenvalue weighted by Crippen LogP contribution is -2.32. The lowest BCUT2D eigenvalue weighted by atomic mass is 9.94. The number of aliphatic hydroxyl groups is 1. The van der Waals surface area contributed by atoms with E-state index < -0.39 is 5.60 Å². The molecule has 0 radical (unpaired) electrons. The third-order valence-electron chi connectivity index (χ3n) is 2.92. The second kappa shape index (κ2) is 5.65. The number of rotatable bonds is 4. The summed E-state index contributed by atoms with van der Waals surface area (Å²) in [5, 5.41) is 9.99. The van der Waals surface area contributed by atoms with Crippen LogP contribution in [-0.4, -0.2) is 22.9 Å². The maximum Gasteiger partial charge on any atom is 0.0824 e. The van der Waals surface area contributed by atoms with Crippen LogP contribution >= 0.6 is 0 Å². The minimum atomic E-state index is -0.867. The molecular formula is C15H24O2. The van der Waals surface area contributed by atoms with Gasteiger partial charge < -0.3 is 9.84 Å². The first-order valence-corrected chi connectivity index (χ1v) is 6.16. The van der Waals surface area contributed by atoms with Gasteiger partial charge in [0.15, 0.2) is 0 Å². The third kappa shape index (κ3) is 4.88. The average molecular weight is 236 g/mol. The first-order valence-electron chi connectivity index (χ1n) is 6.16. The minimum absolute atomic E-state index is 0.0302. The normalized spacial score (nSPS) is 27.9.